The van der Waals surface area contributed by atoms with Crippen LogP contribution >= 0.6 is 0 Å². The first-order valence-electron chi connectivity index (χ1n) is 9.64. The third kappa shape index (κ3) is 4.14. The molecule has 1 aliphatic heterocycles. The molecule has 142 valence electrons. The van der Waals surface area contributed by atoms with Gasteiger partial charge in [0.05, 0.1) is 0 Å². The molecule has 0 spiro atoms. The lowest BCUT2D eigenvalue weighted by Crippen LogP contribution is -2.17. The van der Waals surface area contributed by atoms with Gasteiger partial charge in [0.15, 0.2) is 0 Å². The monoisotopic (exact) mass is 372 g/mol. The molecule has 0 saturated carbocycles. The van der Waals surface area contributed by atoms with Gasteiger partial charge in [-0.1, -0.05) is 18.2 Å². The lowest BCUT2D eigenvalue weighted by molar-refractivity contribution is 0.102. The highest BCUT2D eigenvalue weighted by Gasteiger charge is 2.12. The van der Waals surface area contributed by atoms with Crippen molar-refractivity contribution in [3.05, 3.63) is 78.1 Å². The Morgan fingerprint density at radius 3 is 2.46 bits per heavy atom. The van der Waals surface area contributed by atoms with E-state index < -0.39 is 0 Å². The lowest BCUT2D eigenvalue weighted by atomic mass is 10.2. The van der Waals surface area contributed by atoms with Crippen LogP contribution in [0.1, 0.15) is 28.9 Å². The molecule has 3 aromatic rings. The molecular weight excluding hydrogens is 348 g/mol. The van der Waals surface area contributed by atoms with Gasteiger partial charge in [0.25, 0.3) is 5.91 Å². The number of pyridine rings is 1. The van der Waals surface area contributed by atoms with Gasteiger partial charge in [0.2, 0.25) is 0 Å². The number of nitrogens with zero attached hydrogens (tertiary/aromatic N) is 2. The van der Waals surface area contributed by atoms with Crippen molar-refractivity contribution >= 4 is 28.7 Å². The number of amides is 1. The highest BCUT2D eigenvalue weighted by molar-refractivity contribution is 6.03. The largest absolute Gasteiger partial charge is 0.372 e. The van der Waals surface area contributed by atoms with Gasteiger partial charge in [0, 0.05) is 42.0 Å². The van der Waals surface area contributed by atoms with E-state index in [1.54, 1.807) is 12.3 Å². The Hall–Kier alpha value is -3.34. The van der Waals surface area contributed by atoms with E-state index in [0.717, 1.165) is 35.7 Å². The molecular formula is C23H24N4O. The van der Waals surface area contributed by atoms with Crippen molar-refractivity contribution in [2.45, 2.75) is 19.8 Å². The van der Waals surface area contributed by atoms with Gasteiger partial charge in [-0.2, -0.15) is 0 Å². The Morgan fingerprint density at radius 1 is 0.964 bits per heavy atom. The number of hydrogen-bond acceptors (Lipinski definition) is 4. The van der Waals surface area contributed by atoms with E-state index in [-0.39, 0.29) is 5.91 Å². The molecule has 1 aliphatic rings. The van der Waals surface area contributed by atoms with Crippen LogP contribution in [0, 0.1) is 6.92 Å². The third-order valence-electron chi connectivity index (χ3n) is 5.01. The van der Waals surface area contributed by atoms with E-state index >= 15 is 0 Å². The van der Waals surface area contributed by atoms with Gasteiger partial charge in [-0.05, 0) is 67.8 Å². The normalized spacial score (nSPS) is 13.4. The number of aryl methyl sites for hydroxylation is 1. The number of nitrogens with one attached hydrogen (secondary N) is 2. The molecule has 1 saturated heterocycles. The van der Waals surface area contributed by atoms with Crippen molar-refractivity contribution in [2.75, 3.05) is 28.6 Å². The van der Waals surface area contributed by atoms with Crippen molar-refractivity contribution in [3.63, 3.8) is 0 Å². The smallest absolute Gasteiger partial charge is 0.274 e. The molecule has 5 nitrogen and oxygen atoms in total. The molecule has 0 aliphatic carbocycles. The number of rotatable bonds is 5. The molecule has 5 heteroatoms. The van der Waals surface area contributed by atoms with Gasteiger partial charge in [-0.25, -0.2) is 0 Å². The summed E-state index contributed by atoms with van der Waals surface area (Å²) in [4.78, 5) is 19.2. The zero-order valence-corrected chi connectivity index (χ0v) is 16.0. The van der Waals surface area contributed by atoms with Crippen LogP contribution in [-0.2, 0) is 0 Å². The van der Waals surface area contributed by atoms with Crippen molar-refractivity contribution in [2.24, 2.45) is 0 Å². The second-order valence-corrected chi connectivity index (χ2v) is 7.06. The Kier molecular flexibility index (Phi) is 5.24. The minimum Gasteiger partial charge on any atom is -0.372 e. The van der Waals surface area contributed by atoms with E-state index in [9.17, 15) is 4.79 Å². The lowest BCUT2D eigenvalue weighted by Gasteiger charge is -2.18. The van der Waals surface area contributed by atoms with Gasteiger partial charge in [-0.3, -0.25) is 9.78 Å². The van der Waals surface area contributed by atoms with E-state index in [1.807, 2.05) is 37.3 Å². The van der Waals surface area contributed by atoms with Crippen molar-refractivity contribution in [1.29, 1.82) is 0 Å². The average molecular weight is 372 g/mol. The summed E-state index contributed by atoms with van der Waals surface area (Å²) in [6.07, 6.45) is 4.18. The first-order chi connectivity index (χ1) is 13.7. The summed E-state index contributed by atoms with van der Waals surface area (Å²) >= 11 is 0. The van der Waals surface area contributed by atoms with E-state index in [4.69, 9.17) is 0 Å². The average Bonchev–Trinajstić information content (AvgIpc) is 3.25. The molecule has 1 amide bonds. The Labute approximate surface area is 165 Å². The molecule has 2 aromatic carbocycles. The highest BCUT2D eigenvalue weighted by Crippen LogP contribution is 2.24. The molecule has 1 aromatic heterocycles. The van der Waals surface area contributed by atoms with Gasteiger partial charge >= 0.3 is 0 Å². The first kappa shape index (κ1) is 18.0. The van der Waals surface area contributed by atoms with Gasteiger partial charge < -0.3 is 15.5 Å². The fourth-order valence-corrected chi connectivity index (χ4v) is 3.43. The number of para-hydroxylation sites is 1. The summed E-state index contributed by atoms with van der Waals surface area (Å²) in [5, 5.41) is 6.28. The number of aromatic nitrogens is 1. The highest BCUT2D eigenvalue weighted by atomic mass is 16.1. The quantitative estimate of drug-likeness (QED) is 0.663. The van der Waals surface area contributed by atoms with Crippen LogP contribution in [0.5, 0.6) is 0 Å². The molecule has 2 heterocycles. The maximum Gasteiger partial charge on any atom is 0.274 e. The van der Waals surface area contributed by atoms with Crippen LogP contribution in [0.2, 0.25) is 0 Å². The topological polar surface area (TPSA) is 57.3 Å². The standard InChI is InChI=1S/C23H24N4O/c1-17-6-2-3-7-21(17)26-23(28)22-16-19(12-13-24-22)25-18-8-10-20(11-9-18)27-14-4-5-15-27/h2-3,6-13,16H,4-5,14-15H2,1H3,(H,24,25)(H,26,28). The zero-order valence-electron chi connectivity index (χ0n) is 16.0. The van der Waals surface area contributed by atoms with Crippen LogP contribution in [0.15, 0.2) is 66.9 Å². The third-order valence-corrected chi connectivity index (χ3v) is 5.01. The predicted molar refractivity (Wildman–Crippen MR) is 115 cm³/mol. The van der Waals surface area contributed by atoms with E-state index in [2.05, 4.69) is 44.8 Å². The Bertz CT molecular complexity index is 962. The van der Waals surface area contributed by atoms with Crippen LogP contribution in [0.25, 0.3) is 0 Å². The summed E-state index contributed by atoms with van der Waals surface area (Å²) in [6, 6.07) is 19.7. The van der Waals surface area contributed by atoms with Crippen molar-refractivity contribution in [3.8, 4) is 0 Å². The minimum absolute atomic E-state index is 0.220. The fourth-order valence-electron chi connectivity index (χ4n) is 3.43. The zero-order chi connectivity index (χ0) is 19.3. The summed E-state index contributed by atoms with van der Waals surface area (Å²) in [5.41, 5.74) is 5.27. The Balaban J connectivity index is 1.44. The number of benzene rings is 2. The van der Waals surface area contributed by atoms with Gasteiger partial charge in [0.1, 0.15) is 5.69 Å². The molecule has 0 unspecified atom stereocenters. The summed E-state index contributed by atoms with van der Waals surface area (Å²) in [5.74, 6) is -0.220. The molecule has 1 fully saturated rings. The van der Waals surface area contributed by atoms with Crippen LogP contribution in [-0.4, -0.2) is 24.0 Å². The van der Waals surface area contributed by atoms with Crippen LogP contribution in [0.4, 0.5) is 22.7 Å². The van der Waals surface area contributed by atoms with Crippen molar-refractivity contribution < 1.29 is 4.79 Å². The van der Waals surface area contributed by atoms with Crippen LogP contribution < -0.4 is 15.5 Å². The number of anilines is 4. The predicted octanol–water partition coefficient (Wildman–Crippen LogP) is 4.99. The summed E-state index contributed by atoms with van der Waals surface area (Å²) < 4.78 is 0. The maximum atomic E-state index is 12.6. The van der Waals surface area contributed by atoms with Crippen molar-refractivity contribution in [1.82, 2.24) is 4.98 Å². The SMILES string of the molecule is Cc1ccccc1NC(=O)c1cc(Nc2ccc(N3CCCC3)cc2)ccn1. The molecule has 4 rings (SSSR count). The number of carbonyl (C=O) groups is 1. The van der Waals surface area contributed by atoms with Gasteiger partial charge in [-0.15, -0.1) is 0 Å². The van der Waals surface area contributed by atoms with E-state index in [1.165, 1.54) is 18.5 Å². The molecule has 0 atom stereocenters. The minimum atomic E-state index is -0.220. The second-order valence-electron chi connectivity index (χ2n) is 7.06. The number of hydrogen-bond donors (Lipinski definition) is 2. The molecule has 28 heavy (non-hydrogen) atoms. The molecule has 2 N–H and O–H groups in total. The fraction of sp³-hybridized carbons (Fsp3) is 0.217. The van der Waals surface area contributed by atoms with Crippen LogP contribution in [0.3, 0.4) is 0 Å². The molecule has 0 bridgehead atoms. The Morgan fingerprint density at radius 2 is 1.71 bits per heavy atom. The molecule has 0 radical (unpaired) electrons. The second kappa shape index (κ2) is 8.13. The first-order valence-corrected chi connectivity index (χ1v) is 9.64. The maximum absolute atomic E-state index is 12.6. The van der Waals surface area contributed by atoms with E-state index in [0.29, 0.717) is 5.69 Å². The summed E-state index contributed by atoms with van der Waals surface area (Å²) in [6.45, 7) is 4.24. The number of carbonyl (C=O) groups excluding carboxylic acids is 1. The summed E-state index contributed by atoms with van der Waals surface area (Å²) in [7, 11) is 0.